The van der Waals surface area contributed by atoms with Gasteiger partial charge in [0.15, 0.2) is 11.2 Å². The molecule has 6 rings (SSSR count). The van der Waals surface area contributed by atoms with Crippen molar-refractivity contribution in [2.75, 3.05) is 31.1 Å². The summed E-state index contributed by atoms with van der Waals surface area (Å²) in [5, 5.41) is 5.53. The Morgan fingerprint density at radius 3 is 2.94 bits per heavy atom. The Bertz CT molecular complexity index is 1470. The van der Waals surface area contributed by atoms with Crippen LogP contribution in [0, 0.1) is 11.8 Å². The van der Waals surface area contributed by atoms with Crippen LogP contribution in [0.4, 0.5) is 6.01 Å². The van der Waals surface area contributed by atoms with Crippen LogP contribution >= 0.6 is 0 Å². The first kappa shape index (κ1) is 20.4. The van der Waals surface area contributed by atoms with Crippen molar-refractivity contribution in [1.82, 2.24) is 29.6 Å². The van der Waals surface area contributed by atoms with Crippen molar-refractivity contribution in [3.63, 3.8) is 0 Å². The maximum atomic E-state index is 10.7. The van der Waals surface area contributed by atoms with E-state index in [2.05, 4.69) is 31.7 Å². The molecule has 4 aromatic rings. The molecule has 0 amide bonds. The highest BCUT2D eigenvalue weighted by Crippen LogP contribution is 2.27. The van der Waals surface area contributed by atoms with E-state index in [-0.39, 0.29) is 12.1 Å². The van der Waals surface area contributed by atoms with Gasteiger partial charge in [0.05, 0.1) is 11.4 Å². The van der Waals surface area contributed by atoms with E-state index in [1.165, 1.54) is 18.8 Å². The molecule has 2 aliphatic heterocycles. The molecule has 0 radical (unpaired) electrons. The van der Waals surface area contributed by atoms with Crippen LogP contribution < -0.4 is 10.6 Å². The standard InChI is InChI=1S/C24H22N8O2/c25-18-13-30(7-2-10-33)14-21(18)32-23-17(12-26-15-27-23)19(29-32)5-3-16-4-6-22-20(11-16)28-24(34-22)31-8-1-9-31/h2,4,6-7,10-12,15,18,21H,1,8-9,13-14,25H2. The van der Waals surface area contributed by atoms with Gasteiger partial charge in [0.2, 0.25) is 0 Å². The molecule has 3 aromatic heterocycles. The van der Waals surface area contributed by atoms with Crippen LogP contribution in [0.3, 0.4) is 0 Å². The van der Waals surface area contributed by atoms with Crippen molar-refractivity contribution in [2.24, 2.45) is 5.73 Å². The molecule has 2 fully saturated rings. The largest absolute Gasteiger partial charge is 0.423 e. The Balaban J connectivity index is 1.32. The Kier molecular flexibility index (Phi) is 4.96. The first-order valence-corrected chi connectivity index (χ1v) is 11.2. The molecule has 0 aliphatic carbocycles. The van der Waals surface area contributed by atoms with Crippen molar-refractivity contribution in [3.8, 4) is 11.8 Å². The maximum absolute atomic E-state index is 10.7. The number of nitrogens with two attached hydrogens (primary N) is 1. The van der Waals surface area contributed by atoms with Crippen LogP contribution in [0.2, 0.25) is 0 Å². The zero-order chi connectivity index (χ0) is 23.1. The molecule has 0 saturated carbocycles. The minimum Gasteiger partial charge on any atom is -0.423 e. The van der Waals surface area contributed by atoms with Gasteiger partial charge in [-0.15, -0.1) is 0 Å². The number of fused-ring (bicyclic) bond motifs is 2. The first-order chi connectivity index (χ1) is 16.7. The molecule has 0 spiro atoms. The Morgan fingerprint density at radius 1 is 1.21 bits per heavy atom. The molecule has 5 heterocycles. The quantitative estimate of drug-likeness (QED) is 0.278. The summed E-state index contributed by atoms with van der Waals surface area (Å²) in [5.74, 6) is 6.37. The van der Waals surface area contributed by atoms with E-state index in [9.17, 15) is 4.79 Å². The lowest BCUT2D eigenvalue weighted by molar-refractivity contribution is -0.104. The molecule has 0 bridgehead atoms. The second-order valence-corrected chi connectivity index (χ2v) is 8.49. The number of hydrogen-bond acceptors (Lipinski definition) is 9. The summed E-state index contributed by atoms with van der Waals surface area (Å²) in [7, 11) is 0. The third-order valence-corrected chi connectivity index (χ3v) is 6.25. The second kappa shape index (κ2) is 8.28. The van der Waals surface area contributed by atoms with Crippen molar-refractivity contribution in [3.05, 3.63) is 54.3 Å². The van der Waals surface area contributed by atoms with Crippen LogP contribution in [0.25, 0.3) is 22.1 Å². The lowest BCUT2D eigenvalue weighted by Crippen LogP contribution is -2.37. The second-order valence-electron chi connectivity index (χ2n) is 8.49. The Hall–Kier alpha value is -4.23. The van der Waals surface area contributed by atoms with Crippen LogP contribution in [0.15, 0.2) is 47.4 Å². The summed E-state index contributed by atoms with van der Waals surface area (Å²) < 4.78 is 7.68. The van der Waals surface area contributed by atoms with E-state index < -0.39 is 0 Å². The van der Waals surface area contributed by atoms with Crippen molar-refractivity contribution < 1.29 is 9.21 Å². The van der Waals surface area contributed by atoms with Gasteiger partial charge in [-0.2, -0.15) is 10.1 Å². The fourth-order valence-electron chi connectivity index (χ4n) is 4.35. The smallest absolute Gasteiger partial charge is 0.298 e. The number of aldehydes is 1. The number of carbonyl (C=O) groups is 1. The fraction of sp³-hybridized carbons (Fsp3) is 0.292. The number of nitrogens with zero attached hydrogens (tertiary/aromatic N) is 7. The Labute approximate surface area is 195 Å². The van der Waals surface area contributed by atoms with Gasteiger partial charge in [0.25, 0.3) is 6.01 Å². The summed E-state index contributed by atoms with van der Waals surface area (Å²) in [6, 6.07) is 6.14. The molecule has 34 heavy (non-hydrogen) atoms. The zero-order valence-electron chi connectivity index (χ0n) is 18.3. The molecule has 2 aliphatic rings. The third-order valence-electron chi connectivity index (χ3n) is 6.25. The average Bonchev–Trinajstić information content (AvgIpc) is 3.49. The lowest BCUT2D eigenvalue weighted by Gasteiger charge is -2.28. The van der Waals surface area contributed by atoms with Gasteiger partial charge < -0.3 is 20.0 Å². The minimum atomic E-state index is -0.162. The molecular formula is C24H22N8O2. The molecule has 2 unspecified atom stereocenters. The highest BCUT2D eigenvalue weighted by atomic mass is 16.4. The number of rotatable bonds is 4. The van der Waals surface area contributed by atoms with Crippen LogP contribution in [-0.4, -0.2) is 68.1 Å². The number of carbonyl (C=O) groups excluding carboxylic acids is 1. The summed E-state index contributed by atoms with van der Waals surface area (Å²) in [4.78, 5) is 28.0. The summed E-state index contributed by atoms with van der Waals surface area (Å²) in [6.07, 6.45) is 8.36. The lowest BCUT2D eigenvalue weighted by atomic mass is 10.2. The van der Waals surface area contributed by atoms with Gasteiger partial charge in [-0.25, -0.2) is 14.6 Å². The molecular weight excluding hydrogens is 432 g/mol. The predicted molar refractivity (Wildman–Crippen MR) is 126 cm³/mol. The van der Waals surface area contributed by atoms with E-state index in [0.717, 1.165) is 41.4 Å². The van der Waals surface area contributed by atoms with E-state index in [1.807, 2.05) is 27.8 Å². The monoisotopic (exact) mass is 454 g/mol. The highest BCUT2D eigenvalue weighted by molar-refractivity contribution is 5.81. The SMILES string of the molecule is NC1CN(C=CC=O)CC1n1nc(C#Cc2ccc3oc(N4CCC4)nc3c2)c2cncnc21. The predicted octanol–water partition coefficient (Wildman–Crippen LogP) is 1.47. The number of hydrogen-bond donors (Lipinski definition) is 1. The third kappa shape index (κ3) is 3.56. The van der Waals surface area contributed by atoms with Gasteiger partial charge in [-0.05, 0) is 36.6 Å². The number of oxazole rings is 1. The van der Waals surface area contributed by atoms with Crippen molar-refractivity contribution in [1.29, 1.82) is 0 Å². The number of likely N-dealkylation sites (tertiary alicyclic amines) is 1. The van der Waals surface area contributed by atoms with E-state index >= 15 is 0 Å². The average molecular weight is 454 g/mol. The first-order valence-electron chi connectivity index (χ1n) is 11.2. The van der Waals surface area contributed by atoms with Crippen molar-refractivity contribution >= 4 is 34.4 Å². The topological polar surface area (TPSA) is 119 Å². The highest BCUT2D eigenvalue weighted by Gasteiger charge is 2.32. The fourth-order valence-corrected chi connectivity index (χ4v) is 4.35. The minimum absolute atomic E-state index is 0.101. The number of anilines is 1. The number of benzene rings is 1. The van der Waals surface area contributed by atoms with Crippen LogP contribution in [0.5, 0.6) is 0 Å². The van der Waals surface area contributed by atoms with Gasteiger partial charge in [0, 0.05) is 50.2 Å². The van der Waals surface area contributed by atoms with E-state index in [1.54, 1.807) is 12.4 Å². The van der Waals surface area contributed by atoms with Crippen LogP contribution in [0.1, 0.15) is 23.7 Å². The van der Waals surface area contributed by atoms with Gasteiger partial charge in [0.1, 0.15) is 23.8 Å². The zero-order valence-corrected chi connectivity index (χ0v) is 18.3. The van der Waals surface area contributed by atoms with E-state index in [4.69, 9.17) is 15.2 Å². The van der Waals surface area contributed by atoms with Crippen molar-refractivity contribution in [2.45, 2.75) is 18.5 Å². The number of aromatic nitrogens is 5. The molecule has 10 nitrogen and oxygen atoms in total. The van der Waals surface area contributed by atoms with Gasteiger partial charge >= 0.3 is 0 Å². The maximum Gasteiger partial charge on any atom is 0.298 e. The molecule has 2 atom stereocenters. The molecule has 2 N–H and O–H groups in total. The summed E-state index contributed by atoms with van der Waals surface area (Å²) in [5.41, 5.74) is 10.0. The van der Waals surface area contributed by atoms with E-state index in [0.29, 0.717) is 30.4 Å². The summed E-state index contributed by atoms with van der Waals surface area (Å²) in [6.45, 7) is 3.21. The molecule has 10 heteroatoms. The number of allylic oxidation sites excluding steroid dienone is 1. The molecule has 1 aromatic carbocycles. The van der Waals surface area contributed by atoms with Crippen LogP contribution in [-0.2, 0) is 4.79 Å². The Morgan fingerprint density at radius 2 is 2.12 bits per heavy atom. The van der Waals surface area contributed by atoms with Gasteiger partial charge in [-0.3, -0.25) is 4.79 Å². The summed E-state index contributed by atoms with van der Waals surface area (Å²) >= 11 is 0. The molecule has 2 saturated heterocycles. The molecule has 170 valence electrons. The van der Waals surface area contributed by atoms with Gasteiger partial charge in [-0.1, -0.05) is 5.92 Å². The normalized spacial score (nSPS) is 20.1.